The molecule has 6 heteroatoms. The molecule has 1 saturated carbocycles. The van der Waals surface area contributed by atoms with Crippen molar-refractivity contribution in [2.24, 2.45) is 5.92 Å². The number of carbonyl (C=O) groups is 2. The number of amides is 1. The summed E-state index contributed by atoms with van der Waals surface area (Å²) in [4.78, 5) is 23.6. The Morgan fingerprint density at radius 1 is 1.21 bits per heavy atom. The fourth-order valence-electron chi connectivity index (χ4n) is 2.83. The minimum atomic E-state index is -1.05. The molecule has 2 rings (SSSR count). The summed E-state index contributed by atoms with van der Waals surface area (Å²) in [5.74, 6) is -0.603. The summed E-state index contributed by atoms with van der Waals surface area (Å²) in [5, 5.41) is 11.8. The number of hydrogen-bond acceptors (Lipinski definition) is 4. The van der Waals surface area contributed by atoms with Crippen molar-refractivity contribution in [2.75, 3.05) is 7.11 Å². The largest absolute Gasteiger partial charge is 0.493 e. The van der Waals surface area contributed by atoms with Crippen molar-refractivity contribution in [3.8, 4) is 11.5 Å². The SMILES string of the molecule is COc1ccc(C(=O)NC(C(=O)O)C(C)C)cc1OC1CCCC1. The highest BCUT2D eigenvalue weighted by atomic mass is 16.5. The highest BCUT2D eigenvalue weighted by Crippen LogP contribution is 2.32. The van der Waals surface area contributed by atoms with Crippen LogP contribution >= 0.6 is 0 Å². The first kappa shape index (κ1) is 18.1. The Hall–Kier alpha value is -2.24. The lowest BCUT2D eigenvalue weighted by molar-refractivity contribution is -0.140. The van der Waals surface area contributed by atoms with Gasteiger partial charge in [-0.1, -0.05) is 13.8 Å². The van der Waals surface area contributed by atoms with Gasteiger partial charge >= 0.3 is 5.97 Å². The third kappa shape index (κ3) is 4.40. The standard InChI is InChI=1S/C18H25NO5/c1-11(2)16(18(21)22)19-17(20)12-8-9-14(23-3)15(10-12)24-13-6-4-5-7-13/h8-11,13,16H,4-7H2,1-3H3,(H,19,20)(H,21,22). The van der Waals surface area contributed by atoms with Crippen LogP contribution < -0.4 is 14.8 Å². The van der Waals surface area contributed by atoms with Crippen molar-refractivity contribution >= 4 is 11.9 Å². The smallest absolute Gasteiger partial charge is 0.326 e. The number of aliphatic carboxylic acids is 1. The normalized spacial score (nSPS) is 16.0. The first-order valence-electron chi connectivity index (χ1n) is 8.30. The molecule has 1 amide bonds. The summed E-state index contributed by atoms with van der Waals surface area (Å²) in [7, 11) is 1.55. The molecule has 2 N–H and O–H groups in total. The van der Waals surface area contributed by atoms with Crippen molar-refractivity contribution in [1.82, 2.24) is 5.32 Å². The number of nitrogens with one attached hydrogen (secondary N) is 1. The molecular weight excluding hydrogens is 310 g/mol. The number of hydrogen-bond donors (Lipinski definition) is 2. The number of ether oxygens (including phenoxy) is 2. The number of carbonyl (C=O) groups excluding carboxylic acids is 1. The number of carboxylic acid groups (broad SMARTS) is 1. The summed E-state index contributed by atoms with van der Waals surface area (Å²) in [6.07, 6.45) is 4.41. The van der Waals surface area contributed by atoms with Crippen LogP contribution in [-0.4, -0.2) is 36.2 Å². The van der Waals surface area contributed by atoms with Crippen molar-refractivity contribution < 1.29 is 24.2 Å². The number of benzene rings is 1. The van der Waals surface area contributed by atoms with Gasteiger partial charge in [0, 0.05) is 5.56 Å². The van der Waals surface area contributed by atoms with Crippen LogP contribution in [0, 0.1) is 5.92 Å². The van der Waals surface area contributed by atoms with E-state index in [2.05, 4.69) is 5.32 Å². The lowest BCUT2D eigenvalue weighted by atomic mass is 10.0. The molecule has 1 aromatic rings. The molecule has 0 saturated heterocycles. The minimum Gasteiger partial charge on any atom is -0.493 e. The van der Waals surface area contributed by atoms with Gasteiger partial charge in [0.05, 0.1) is 13.2 Å². The van der Waals surface area contributed by atoms with E-state index >= 15 is 0 Å². The second-order valence-corrected chi connectivity index (χ2v) is 6.42. The predicted molar refractivity (Wildman–Crippen MR) is 89.6 cm³/mol. The van der Waals surface area contributed by atoms with E-state index in [1.165, 1.54) is 0 Å². The van der Waals surface area contributed by atoms with Gasteiger partial charge in [-0.05, 0) is 49.8 Å². The molecule has 0 radical (unpaired) electrons. The van der Waals surface area contributed by atoms with E-state index in [1.807, 2.05) is 0 Å². The van der Waals surface area contributed by atoms with Crippen LogP contribution in [0.25, 0.3) is 0 Å². The van der Waals surface area contributed by atoms with Crippen LogP contribution in [0.15, 0.2) is 18.2 Å². The molecule has 0 bridgehead atoms. The molecular formula is C18H25NO5. The van der Waals surface area contributed by atoms with E-state index in [0.717, 1.165) is 25.7 Å². The van der Waals surface area contributed by atoms with Gasteiger partial charge in [0.25, 0.3) is 5.91 Å². The zero-order valence-electron chi connectivity index (χ0n) is 14.4. The van der Waals surface area contributed by atoms with E-state index in [-0.39, 0.29) is 12.0 Å². The third-order valence-electron chi connectivity index (χ3n) is 4.24. The third-order valence-corrected chi connectivity index (χ3v) is 4.24. The van der Waals surface area contributed by atoms with Gasteiger partial charge in [-0.2, -0.15) is 0 Å². The molecule has 1 unspecified atom stereocenters. The summed E-state index contributed by atoms with van der Waals surface area (Å²) < 4.78 is 11.3. The van der Waals surface area contributed by atoms with Gasteiger partial charge in [0.2, 0.25) is 0 Å². The zero-order chi connectivity index (χ0) is 17.7. The van der Waals surface area contributed by atoms with Crippen LogP contribution in [0.4, 0.5) is 0 Å². The Morgan fingerprint density at radius 2 is 1.88 bits per heavy atom. The second-order valence-electron chi connectivity index (χ2n) is 6.42. The molecule has 24 heavy (non-hydrogen) atoms. The van der Waals surface area contributed by atoms with Gasteiger partial charge < -0.3 is 19.9 Å². The average Bonchev–Trinajstić information content (AvgIpc) is 3.04. The molecule has 0 aliphatic heterocycles. The summed E-state index contributed by atoms with van der Waals surface area (Å²) >= 11 is 0. The molecule has 132 valence electrons. The van der Waals surface area contributed by atoms with Gasteiger partial charge in [-0.15, -0.1) is 0 Å². The Morgan fingerprint density at radius 3 is 2.42 bits per heavy atom. The van der Waals surface area contributed by atoms with Crippen LogP contribution in [0.2, 0.25) is 0 Å². The molecule has 1 aromatic carbocycles. The Balaban J connectivity index is 2.17. The van der Waals surface area contributed by atoms with Crippen molar-refractivity contribution in [2.45, 2.75) is 51.7 Å². The minimum absolute atomic E-state index is 0.139. The summed E-state index contributed by atoms with van der Waals surface area (Å²) in [6, 6.07) is 3.96. The quantitative estimate of drug-likeness (QED) is 0.800. The monoisotopic (exact) mass is 335 g/mol. The fourth-order valence-corrected chi connectivity index (χ4v) is 2.83. The van der Waals surface area contributed by atoms with Gasteiger partial charge in [-0.3, -0.25) is 4.79 Å². The Labute approximate surface area is 142 Å². The Kier molecular flexibility index (Phi) is 6.06. The van der Waals surface area contributed by atoms with E-state index in [1.54, 1.807) is 39.2 Å². The molecule has 1 atom stereocenters. The molecule has 1 aliphatic carbocycles. The van der Waals surface area contributed by atoms with E-state index in [9.17, 15) is 14.7 Å². The molecule has 0 aromatic heterocycles. The molecule has 6 nitrogen and oxygen atoms in total. The first-order chi connectivity index (χ1) is 11.4. The number of rotatable bonds is 7. The summed E-state index contributed by atoms with van der Waals surface area (Å²) in [5.41, 5.74) is 0.357. The lowest BCUT2D eigenvalue weighted by Crippen LogP contribution is -2.44. The van der Waals surface area contributed by atoms with E-state index in [0.29, 0.717) is 17.1 Å². The van der Waals surface area contributed by atoms with Crippen LogP contribution in [0.1, 0.15) is 49.9 Å². The van der Waals surface area contributed by atoms with Gasteiger partial charge in [-0.25, -0.2) is 4.79 Å². The van der Waals surface area contributed by atoms with E-state index in [4.69, 9.17) is 9.47 Å². The number of methoxy groups -OCH3 is 1. The number of carboxylic acids is 1. The molecule has 1 fully saturated rings. The molecule has 0 spiro atoms. The average molecular weight is 335 g/mol. The molecule has 0 heterocycles. The van der Waals surface area contributed by atoms with Gasteiger partial charge in [0.1, 0.15) is 6.04 Å². The maximum Gasteiger partial charge on any atom is 0.326 e. The van der Waals surface area contributed by atoms with Crippen molar-refractivity contribution in [3.63, 3.8) is 0 Å². The van der Waals surface area contributed by atoms with Gasteiger partial charge in [0.15, 0.2) is 11.5 Å². The topological polar surface area (TPSA) is 84.9 Å². The van der Waals surface area contributed by atoms with Crippen LogP contribution in [0.3, 0.4) is 0 Å². The maximum absolute atomic E-state index is 12.4. The first-order valence-corrected chi connectivity index (χ1v) is 8.30. The Bertz CT molecular complexity index is 593. The molecule has 1 aliphatic rings. The second kappa shape index (κ2) is 8.04. The van der Waals surface area contributed by atoms with E-state index < -0.39 is 17.9 Å². The van der Waals surface area contributed by atoms with Crippen molar-refractivity contribution in [3.05, 3.63) is 23.8 Å². The lowest BCUT2D eigenvalue weighted by Gasteiger charge is -2.19. The zero-order valence-corrected chi connectivity index (χ0v) is 14.4. The predicted octanol–water partition coefficient (Wildman–Crippen LogP) is 2.86. The highest BCUT2D eigenvalue weighted by molar-refractivity contribution is 5.97. The summed E-state index contributed by atoms with van der Waals surface area (Å²) in [6.45, 7) is 3.50. The van der Waals surface area contributed by atoms with Crippen LogP contribution in [-0.2, 0) is 4.79 Å². The maximum atomic E-state index is 12.4. The van der Waals surface area contributed by atoms with Crippen LogP contribution in [0.5, 0.6) is 11.5 Å². The fraction of sp³-hybridized carbons (Fsp3) is 0.556. The highest BCUT2D eigenvalue weighted by Gasteiger charge is 2.25. The van der Waals surface area contributed by atoms with Crippen molar-refractivity contribution in [1.29, 1.82) is 0 Å².